The zero-order chi connectivity index (χ0) is 30.0. The zero-order valence-corrected chi connectivity index (χ0v) is 23.3. The number of alkyl halides is 3. The van der Waals surface area contributed by atoms with E-state index in [1.807, 2.05) is 62.4 Å². The molecular formula is C31H24F3N5O2S. The van der Waals surface area contributed by atoms with Crippen LogP contribution in [0.4, 0.5) is 24.5 Å². The molecule has 0 aliphatic rings. The second-order valence-corrected chi connectivity index (χ2v) is 10.2. The molecule has 1 atom stereocenters. The number of rotatable bonds is 7. The number of thiocarbonyl (C=S) groups is 1. The van der Waals surface area contributed by atoms with Gasteiger partial charge in [-0.05, 0) is 65.4 Å². The summed E-state index contributed by atoms with van der Waals surface area (Å²) < 4.78 is 43.2. The highest BCUT2D eigenvalue weighted by Gasteiger charge is 2.31. The maximum atomic E-state index is 13.1. The Bertz CT molecular complexity index is 1840. The van der Waals surface area contributed by atoms with Crippen LogP contribution in [0.1, 0.15) is 25.3 Å². The van der Waals surface area contributed by atoms with Gasteiger partial charge in [-0.1, -0.05) is 56.4 Å². The van der Waals surface area contributed by atoms with Gasteiger partial charge >= 0.3 is 6.36 Å². The number of anilines is 2. The summed E-state index contributed by atoms with van der Waals surface area (Å²) >= 11 is 5.44. The Balaban J connectivity index is 1.34. The molecule has 42 heavy (non-hydrogen) atoms. The van der Waals surface area contributed by atoms with Gasteiger partial charge in [-0.3, -0.25) is 9.36 Å². The number of amides is 1. The Hall–Kier alpha value is -4.95. The molecule has 0 aliphatic carbocycles. The molecular weight excluding hydrogens is 563 g/mol. The molecule has 2 N–H and O–H groups in total. The highest BCUT2D eigenvalue weighted by molar-refractivity contribution is 7.80. The topological polar surface area (TPSA) is 92.0 Å². The SMILES string of the molecule is CC(C)c1ccccc1NC(=S)C(C#N)C(=O)Nc1ccc2c(ccc3c2ncn3-c2ccc(OC(F)(F)F)cc2)c1. The van der Waals surface area contributed by atoms with Crippen LogP contribution in [0, 0.1) is 17.2 Å². The van der Waals surface area contributed by atoms with Gasteiger partial charge in [-0.25, -0.2) is 4.98 Å². The first-order valence-electron chi connectivity index (χ1n) is 12.9. The van der Waals surface area contributed by atoms with Crippen molar-refractivity contribution in [3.63, 3.8) is 0 Å². The molecule has 1 unspecified atom stereocenters. The van der Waals surface area contributed by atoms with E-state index in [9.17, 15) is 23.2 Å². The quantitative estimate of drug-likeness (QED) is 0.190. The molecule has 1 amide bonds. The third kappa shape index (κ3) is 6.04. The molecule has 1 heterocycles. The highest BCUT2D eigenvalue weighted by Crippen LogP contribution is 2.30. The lowest BCUT2D eigenvalue weighted by molar-refractivity contribution is -0.274. The van der Waals surface area contributed by atoms with Crippen molar-refractivity contribution in [1.82, 2.24) is 9.55 Å². The van der Waals surface area contributed by atoms with Gasteiger partial charge in [0.2, 0.25) is 5.91 Å². The molecule has 7 nitrogen and oxygen atoms in total. The number of hydrogen-bond donors (Lipinski definition) is 2. The van der Waals surface area contributed by atoms with Crippen molar-refractivity contribution >= 4 is 56.3 Å². The number of carbonyl (C=O) groups excluding carboxylic acids is 1. The maximum absolute atomic E-state index is 13.1. The summed E-state index contributed by atoms with van der Waals surface area (Å²) in [7, 11) is 0. The molecule has 5 aromatic rings. The van der Waals surface area contributed by atoms with E-state index in [-0.39, 0.29) is 16.7 Å². The van der Waals surface area contributed by atoms with E-state index in [2.05, 4.69) is 20.4 Å². The van der Waals surface area contributed by atoms with Crippen molar-refractivity contribution < 1.29 is 22.7 Å². The predicted molar refractivity (Wildman–Crippen MR) is 160 cm³/mol. The van der Waals surface area contributed by atoms with Crippen LogP contribution in [-0.4, -0.2) is 26.8 Å². The molecule has 0 saturated heterocycles. The first-order valence-corrected chi connectivity index (χ1v) is 13.3. The van der Waals surface area contributed by atoms with Crippen LogP contribution in [-0.2, 0) is 4.79 Å². The molecule has 11 heteroatoms. The predicted octanol–water partition coefficient (Wildman–Crippen LogP) is 7.72. The molecule has 1 aromatic heterocycles. The summed E-state index contributed by atoms with van der Waals surface area (Å²) in [6.07, 6.45) is -3.18. The van der Waals surface area contributed by atoms with Crippen LogP contribution in [0.25, 0.3) is 27.5 Å². The lowest BCUT2D eigenvalue weighted by atomic mass is 10.0. The van der Waals surface area contributed by atoms with Crippen molar-refractivity contribution in [3.8, 4) is 17.5 Å². The van der Waals surface area contributed by atoms with Gasteiger partial charge in [0.05, 0.1) is 17.1 Å². The van der Waals surface area contributed by atoms with Crippen molar-refractivity contribution in [2.75, 3.05) is 10.6 Å². The molecule has 4 aromatic carbocycles. The Kier molecular flexibility index (Phi) is 7.83. The van der Waals surface area contributed by atoms with Gasteiger partial charge in [0.25, 0.3) is 0 Å². The Morgan fingerprint density at radius 2 is 1.76 bits per heavy atom. The Labute approximate surface area is 244 Å². The number of ether oxygens (including phenoxy) is 1. The standard InChI is InChI=1S/C31H24F3N5O2S/c1-18(2)23-5-3-4-6-26(23)38-30(42)25(16-35)29(40)37-20-8-13-24-19(15-20)7-14-27-28(24)36-17-39(27)21-9-11-22(12-10-21)41-31(32,33)34/h3-15,17-18,25H,1-2H3,(H,37,40)(H,38,42). The van der Waals surface area contributed by atoms with Crippen LogP contribution >= 0.6 is 12.2 Å². The Morgan fingerprint density at radius 1 is 1.02 bits per heavy atom. The van der Waals surface area contributed by atoms with Gasteiger partial charge in [0.1, 0.15) is 17.1 Å². The van der Waals surface area contributed by atoms with Crippen LogP contribution in [0.15, 0.2) is 85.2 Å². The van der Waals surface area contributed by atoms with Gasteiger partial charge in [-0.15, -0.1) is 13.2 Å². The number of halogens is 3. The molecule has 212 valence electrons. The van der Waals surface area contributed by atoms with Crippen molar-refractivity contribution in [2.45, 2.75) is 26.1 Å². The second kappa shape index (κ2) is 11.5. The molecule has 0 saturated carbocycles. The number of benzene rings is 4. The lowest BCUT2D eigenvalue weighted by Gasteiger charge is -2.17. The number of nitriles is 1. The molecule has 0 radical (unpaired) electrons. The minimum atomic E-state index is -4.77. The number of hydrogen-bond acceptors (Lipinski definition) is 5. The molecule has 0 fully saturated rings. The first-order chi connectivity index (χ1) is 20.0. The minimum Gasteiger partial charge on any atom is -0.406 e. The van der Waals surface area contributed by atoms with E-state index in [4.69, 9.17) is 12.2 Å². The van der Waals surface area contributed by atoms with Crippen LogP contribution in [0.2, 0.25) is 0 Å². The average Bonchev–Trinajstić information content (AvgIpc) is 3.37. The fourth-order valence-corrected chi connectivity index (χ4v) is 4.94. The van der Waals surface area contributed by atoms with E-state index in [1.54, 1.807) is 23.0 Å². The number of aromatic nitrogens is 2. The van der Waals surface area contributed by atoms with Crippen LogP contribution < -0.4 is 15.4 Å². The highest BCUT2D eigenvalue weighted by atomic mass is 32.1. The number of nitrogens with zero attached hydrogens (tertiary/aromatic N) is 3. The number of para-hydroxylation sites is 1. The zero-order valence-electron chi connectivity index (χ0n) is 22.4. The third-order valence-electron chi connectivity index (χ3n) is 6.64. The lowest BCUT2D eigenvalue weighted by Crippen LogP contribution is -2.31. The number of nitrogens with one attached hydrogen (secondary N) is 2. The molecule has 0 aliphatic heterocycles. The van der Waals surface area contributed by atoms with E-state index in [1.165, 1.54) is 24.3 Å². The van der Waals surface area contributed by atoms with Gasteiger partial charge in [-0.2, -0.15) is 5.26 Å². The van der Waals surface area contributed by atoms with E-state index < -0.39 is 18.2 Å². The Morgan fingerprint density at radius 3 is 2.45 bits per heavy atom. The van der Waals surface area contributed by atoms with Crippen molar-refractivity contribution in [3.05, 3.63) is 90.8 Å². The smallest absolute Gasteiger partial charge is 0.406 e. The minimum absolute atomic E-state index is 0.106. The van der Waals surface area contributed by atoms with E-state index in [0.717, 1.165) is 27.5 Å². The summed E-state index contributed by atoms with van der Waals surface area (Å²) in [5.41, 5.74) is 4.28. The monoisotopic (exact) mass is 587 g/mol. The second-order valence-electron chi connectivity index (χ2n) is 9.81. The fraction of sp³-hybridized carbons (Fsp3) is 0.161. The summed E-state index contributed by atoms with van der Waals surface area (Å²) in [6, 6.07) is 24.1. The van der Waals surface area contributed by atoms with Gasteiger partial charge in [0, 0.05) is 22.4 Å². The largest absolute Gasteiger partial charge is 0.573 e. The summed E-state index contributed by atoms with van der Waals surface area (Å²) in [5, 5.41) is 17.2. The number of imidazole rings is 1. The average molecular weight is 588 g/mol. The molecule has 5 rings (SSSR count). The number of fused-ring (bicyclic) bond motifs is 3. The molecule has 0 spiro atoms. The summed E-state index contributed by atoms with van der Waals surface area (Å²) in [6.45, 7) is 4.09. The molecule has 0 bridgehead atoms. The summed E-state index contributed by atoms with van der Waals surface area (Å²) in [4.78, 5) is 17.7. The number of carbonyl (C=O) groups is 1. The van der Waals surface area contributed by atoms with Gasteiger partial charge < -0.3 is 15.4 Å². The van der Waals surface area contributed by atoms with Crippen molar-refractivity contribution in [2.24, 2.45) is 5.92 Å². The van der Waals surface area contributed by atoms with Crippen molar-refractivity contribution in [1.29, 1.82) is 5.26 Å². The van der Waals surface area contributed by atoms with E-state index in [0.29, 0.717) is 16.9 Å². The van der Waals surface area contributed by atoms with Gasteiger partial charge in [0.15, 0.2) is 5.92 Å². The van der Waals surface area contributed by atoms with Crippen LogP contribution in [0.3, 0.4) is 0 Å². The third-order valence-corrected chi connectivity index (χ3v) is 6.98. The first kappa shape index (κ1) is 28.6. The summed E-state index contributed by atoms with van der Waals surface area (Å²) in [5.74, 6) is -1.85. The van der Waals surface area contributed by atoms with E-state index >= 15 is 0 Å². The maximum Gasteiger partial charge on any atom is 0.573 e. The fourth-order valence-electron chi connectivity index (χ4n) is 4.67. The van der Waals surface area contributed by atoms with Crippen LogP contribution in [0.5, 0.6) is 5.75 Å². The normalized spacial score (nSPS) is 12.2.